The van der Waals surface area contributed by atoms with Crippen LogP contribution in [0.25, 0.3) is 0 Å². The molecule has 0 aromatic carbocycles. The molecule has 2 fully saturated rings. The van der Waals surface area contributed by atoms with E-state index in [1.54, 1.807) is 11.3 Å². The standard InChI is InChI=1S/C15H21BrN2OS/c1-11-10-13(20-14(11)16)15(19)18-8-4-12(5-9-18)17-6-2-3-7-17/h10,12H,2-9H2,1H3. The van der Waals surface area contributed by atoms with Gasteiger partial charge in [-0.3, -0.25) is 4.79 Å². The predicted octanol–water partition coefficient (Wildman–Crippen LogP) is 3.52. The summed E-state index contributed by atoms with van der Waals surface area (Å²) in [5.74, 6) is 0.212. The summed E-state index contributed by atoms with van der Waals surface area (Å²) in [4.78, 5) is 18.0. The minimum Gasteiger partial charge on any atom is -0.338 e. The molecule has 1 aromatic rings. The van der Waals surface area contributed by atoms with Crippen molar-refractivity contribution in [2.45, 2.75) is 38.6 Å². The lowest BCUT2D eigenvalue weighted by Gasteiger charge is -2.36. The van der Waals surface area contributed by atoms with E-state index in [1.807, 2.05) is 17.9 Å². The molecule has 0 unspecified atom stereocenters. The lowest BCUT2D eigenvalue weighted by Crippen LogP contribution is -2.45. The Balaban J connectivity index is 1.58. The van der Waals surface area contributed by atoms with Crippen LogP contribution in [-0.2, 0) is 0 Å². The van der Waals surface area contributed by atoms with Gasteiger partial charge < -0.3 is 9.80 Å². The molecule has 2 aliphatic heterocycles. The quantitative estimate of drug-likeness (QED) is 0.809. The number of carbonyl (C=O) groups excluding carboxylic acids is 1. The maximum atomic E-state index is 12.5. The Bertz CT molecular complexity index is 469. The van der Waals surface area contributed by atoms with E-state index in [-0.39, 0.29) is 5.91 Å². The number of amides is 1. The van der Waals surface area contributed by atoms with Crippen LogP contribution >= 0.6 is 27.3 Å². The molecule has 3 nitrogen and oxygen atoms in total. The van der Waals surface area contributed by atoms with Crippen molar-refractivity contribution in [1.29, 1.82) is 0 Å². The maximum absolute atomic E-state index is 12.5. The number of hydrogen-bond donors (Lipinski definition) is 0. The smallest absolute Gasteiger partial charge is 0.263 e. The Morgan fingerprint density at radius 2 is 1.90 bits per heavy atom. The van der Waals surface area contributed by atoms with Crippen LogP contribution in [0, 0.1) is 6.92 Å². The third kappa shape index (κ3) is 2.95. The number of likely N-dealkylation sites (tertiary alicyclic amines) is 2. The summed E-state index contributed by atoms with van der Waals surface area (Å²) in [6.45, 7) is 6.38. The maximum Gasteiger partial charge on any atom is 0.263 e. The van der Waals surface area contributed by atoms with E-state index in [0.717, 1.165) is 40.2 Å². The highest BCUT2D eigenvalue weighted by molar-refractivity contribution is 9.11. The summed E-state index contributed by atoms with van der Waals surface area (Å²) in [5, 5.41) is 0. The molecule has 0 atom stereocenters. The van der Waals surface area contributed by atoms with Gasteiger partial charge in [0.2, 0.25) is 0 Å². The number of aryl methyl sites for hydroxylation is 1. The second-order valence-electron chi connectivity index (χ2n) is 5.83. The number of nitrogens with zero attached hydrogens (tertiary/aromatic N) is 2. The number of carbonyl (C=O) groups is 1. The number of halogens is 1. The molecule has 0 spiro atoms. The highest BCUT2D eigenvalue weighted by atomic mass is 79.9. The second kappa shape index (κ2) is 6.16. The van der Waals surface area contributed by atoms with Crippen molar-refractivity contribution in [3.63, 3.8) is 0 Å². The lowest BCUT2D eigenvalue weighted by atomic mass is 10.0. The molecular weight excluding hydrogens is 336 g/mol. The van der Waals surface area contributed by atoms with E-state index in [0.29, 0.717) is 6.04 Å². The topological polar surface area (TPSA) is 23.6 Å². The monoisotopic (exact) mass is 356 g/mol. The molecule has 2 saturated heterocycles. The van der Waals surface area contributed by atoms with Gasteiger partial charge in [-0.2, -0.15) is 0 Å². The molecule has 0 saturated carbocycles. The second-order valence-corrected chi connectivity index (χ2v) is 8.20. The molecule has 0 radical (unpaired) electrons. The first kappa shape index (κ1) is 14.5. The number of hydrogen-bond acceptors (Lipinski definition) is 3. The fourth-order valence-corrected chi connectivity index (χ4v) is 4.76. The summed E-state index contributed by atoms with van der Waals surface area (Å²) in [7, 11) is 0. The Morgan fingerprint density at radius 3 is 2.45 bits per heavy atom. The van der Waals surface area contributed by atoms with Crippen molar-refractivity contribution >= 4 is 33.2 Å². The first-order valence-corrected chi connectivity index (χ1v) is 9.05. The predicted molar refractivity (Wildman–Crippen MR) is 86.5 cm³/mol. The lowest BCUT2D eigenvalue weighted by molar-refractivity contribution is 0.0649. The van der Waals surface area contributed by atoms with Gasteiger partial charge in [0.25, 0.3) is 5.91 Å². The van der Waals surface area contributed by atoms with Gasteiger partial charge in [-0.05, 0) is 73.3 Å². The van der Waals surface area contributed by atoms with Gasteiger partial charge >= 0.3 is 0 Å². The summed E-state index contributed by atoms with van der Waals surface area (Å²) in [5.41, 5.74) is 1.16. The van der Waals surface area contributed by atoms with Crippen molar-refractivity contribution in [1.82, 2.24) is 9.80 Å². The number of piperidine rings is 1. The zero-order chi connectivity index (χ0) is 14.1. The molecule has 5 heteroatoms. The molecule has 1 aromatic heterocycles. The normalized spacial score (nSPS) is 21.6. The van der Waals surface area contributed by atoms with Crippen LogP contribution in [-0.4, -0.2) is 47.9 Å². The molecule has 20 heavy (non-hydrogen) atoms. The molecule has 0 aliphatic carbocycles. The van der Waals surface area contributed by atoms with Gasteiger partial charge in [0.15, 0.2) is 0 Å². The Morgan fingerprint density at radius 1 is 1.25 bits per heavy atom. The van der Waals surface area contributed by atoms with Crippen molar-refractivity contribution in [2.24, 2.45) is 0 Å². The third-order valence-electron chi connectivity index (χ3n) is 4.48. The molecule has 0 bridgehead atoms. The summed E-state index contributed by atoms with van der Waals surface area (Å²) < 4.78 is 1.08. The summed E-state index contributed by atoms with van der Waals surface area (Å²) in [6, 6.07) is 2.71. The van der Waals surface area contributed by atoms with Crippen LogP contribution in [0.3, 0.4) is 0 Å². The van der Waals surface area contributed by atoms with Crippen LogP contribution < -0.4 is 0 Å². The van der Waals surface area contributed by atoms with Gasteiger partial charge in [-0.1, -0.05) is 0 Å². The third-order valence-corrected chi connectivity index (χ3v) is 6.60. The largest absolute Gasteiger partial charge is 0.338 e. The van der Waals surface area contributed by atoms with E-state index in [1.165, 1.54) is 25.9 Å². The van der Waals surface area contributed by atoms with Gasteiger partial charge in [-0.15, -0.1) is 11.3 Å². The first-order valence-electron chi connectivity index (χ1n) is 7.44. The van der Waals surface area contributed by atoms with Crippen LogP contribution in [0.5, 0.6) is 0 Å². The minimum absolute atomic E-state index is 0.212. The highest BCUT2D eigenvalue weighted by Gasteiger charge is 2.29. The van der Waals surface area contributed by atoms with Crippen LogP contribution in [0.1, 0.15) is 40.9 Å². The average molecular weight is 357 g/mol. The van der Waals surface area contributed by atoms with Crippen LogP contribution in [0.15, 0.2) is 9.85 Å². The van der Waals surface area contributed by atoms with Crippen molar-refractivity contribution in [3.8, 4) is 0 Å². The Kier molecular flexibility index (Phi) is 4.48. The van der Waals surface area contributed by atoms with E-state index >= 15 is 0 Å². The minimum atomic E-state index is 0.212. The average Bonchev–Trinajstić information content (AvgIpc) is 3.09. The Hall–Kier alpha value is -0.390. The van der Waals surface area contributed by atoms with Gasteiger partial charge in [-0.25, -0.2) is 0 Å². The van der Waals surface area contributed by atoms with E-state index in [4.69, 9.17) is 0 Å². The molecule has 3 rings (SSSR count). The molecule has 110 valence electrons. The fraction of sp³-hybridized carbons (Fsp3) is 0.667. The molecule has 0 N–H and O–H groups in total. The molecule has 3 heterocycles. The van der Waals surface area contributed by atoms with Crippen LogP contribution in [0.2, 0.25) is 0 Å². The van der Waals surface area contributed by atoms with Gasteiger partial charge in [0.1, 0.15) is 0 Å². The molecule has 1 amide bonds. The van der Waals surface area contributed by atoms with Gasteiger partial charge in [0, 0.05) is 19.1 Å². The van der Waals surface area contributed by atoms with E-state index < -0.39 is 0 Å². The zero-order valence-corrected chi connectivity index (χ0v) is 14.3. The molecule has 2 aliphatic rings. The zero-order valence-electron chi connectivity index (χ0n) is 11.9. The van der Waals surface area contributed by atoms with Crippen LogP contribution in [0.4, 0.5) is 0 Å². The summed E-state index contributed by atoms with van der Waals surface area (Å²) >= 11 is 5.06. The molecular formula is C15H21BrN2OS. The summed E-state index contributed by atoms with van der Waals surface area (Å²) in [6.07, 6.45) is 4.97. The van der Waals surface area contributed by atoms with E-state index in [2.05, 4.69) is 20.8 Å². The SMILES string of the molecule is Cc1cc(C(=O)N2CCC(N3CCCC3)CC2)sc1Br. The highest BCUT2D eigenvalue weighted by Crippen LogP contribution is 2.29. The fourth-order valence-electron chi connectivity index (χ4n) is 3.26. The first-order chi connectivity index (χ1) is 9.65. The number of thiophene rings is 1. The van der Waals surface area contributed by atoms with E-state index in [9.17, 15) is 4.79 Å². The number of rotatable bonds is 2. The van der Waals surface area contributed by atoms with Crippen molar-refractivity contribution < 1.29 is 4.79 Å². The van der Waals surface area contributed by atoms with Crippen molar-refractivity contribution in [2.75, 3.05) is 26.2 Å². The van der Waals surface area contributed by atoms with Gasteiger partial charge in [0.05, 0.1) is 8.66 Å². The Labute approximate surface area is 133 Å². The van der Waals surface area contributed by atoms with Crippen molar-refractivity contribution in [3.05, 3.63) is 20.3 Å².